The summed E-state index contributed by atoms with van der Waals surface area (Å²) >= 11 is 0. The second-order valence-corrected chi connectivity index (χ2v) is 3.79. The normalized spacial score (nSPS) is 10.9. The molecule has 0 saturated carbocycles. The van der Waals surface area contributed by atoms with Gasteiger partial charge in [-0.25, -0.2) is 4.39 Å². The Hall–Kier alpha value is -2.49. The van der Waals surface area contributed by atoms with E-state index in [1.807, 2.05) is 0 Å². The van der Waals surface area contributed by atoms with Gasteiger partial charge in [-0.1, -0.05) is 24.3 Å². The number of benzene rings is 2. The van der Waals surface area contributed by atoms with Crippen LogP contribution in [0.3, 0.4) is 0 Å². The Kier molecular flexibility index (Phi) is 3.19. The molecule has 0 aromatic heterocycles. The van der Waals surface area contributed by atoms with E-state index in [0.717, 1.165) is 5.56 Å². The zero-order chi connectivity index (χ0) is 13.1. The van der Waals surface area contributed by atoms with Crippen LogP contribution in [-0.2, 0) is 0 Å². The molecule has 0 spiro atoms. The quantitative estimate of drug-likeness (QED) is 0.563. The molecule has 0 aliphatic heterocycles. The second-order valence-electron chi connectivity index (χ2n) is 3.79. The summed E-state index contributed by atoms with van der Waals surface area (Å²) in [5.74, 6) is -1.65. The maximum atomic E-state index is 12.7. The van der Waals surface area contributed by atoms with Crippen molar-refractivity contribution in [2.24, 2.45) is 0 Å². The van der Waals surface area contributed by atoms with E-state index in [4.69, 9.17) is 0 Å². The molecule has 0 unspecified atom stereocenters. The minimum absolute atomic E-state index is 0.313. The van der Waals surface area contributed by atoms with Gasteiger partial charge in [0, 0.05) is 0 Å². The Balaban J connectivity index is 2.26. The molecule has 2 aromatic rings. The molecule has 0 aliphatic rings. The van der Waals surface area contributed by atoms with Crippen molar-refractivity contribution in [3.63, 3.8) is 0 Å². The molecule has 2 aromatic carbocycles. The maximum Gasteiger partial charge on any atom is 0.200 e. The monoisotopic (exact) mass is 246 g/mol. The first-order chi connectivity index (χ1) is 8.56. The lowest BCUT2D eigenvalue weighted by Gasteiger charge is -2.02. The molecular formula is C14H11FO3. The lowest BCUT2D eigenvalue weighted by atomic mass is 10.1. The molecule has 0 fully saturated rings. The largest absolute Gasteiger partial charge is 0.504 e. The number of rotatable bonds is 2. The lowest BCUT2D eigenvalue weighted by Crippen LogP contribution is -1.77. The van der Waals surface area contributed by atoms with E-state index in [9.17, 15) is 19.7 Å². The van der Waals surface area contributed by atoms with Gasteiger partial charge in [-0.2, -0.15) is 0 Å². The Morgan fingerprint density at radius 3 is 1.83 bits per heavy atom. The molecule has 2 rings (SSSR count). The minimum Gasteiger partial charge on any atom is -0.504 e. The van der Waals surface area contributed by atoms with Crippen molar-refractivity contribution in [2.45, 2.75) is 0 Å². The van der Waals surface area contributed by atoms with Crippen molar-refractivity contribution in [1.29, 1.82) is 0 Å². The fourth-order valence-corrected chi connectivity index (χ4v) is 1.49. The van der Waals surface area contributed by atoms with Crippen LogP contribution in [0.5, 0.6) is 17.2 Å². The van der Waals surface area contributed by atoms with Gasteiger partial charge in [0.2, 0.25) is 0 Å². The summed E-state index contributed by atoms with van der Waals surface area (Å²) in [6, 6.07) is 8.51. The predicted molar refractivity (Wildman–Crippen MR) is 66.8 cm³/mol. The van der Waals surface area contributed by atoms with Gasteiger partial charge in [0.15, 0.2) is 17.2 Å². The molecule has 0 bridgehead atoms. The first kappa shape index (κ1) is 12.0. The summed E-state index contributed by atoms with van der Waals surface area (Å²) in [7, 11) is 0. The maximum absolute atomic E-state index is 12.7. The standard InChI is InChI=1S/C14H11FO3/c15-11-5-3-9(4-6-11)1-2-10-7-12(16)14(18)13(17)8-10/h1-8,16-18H/b2-1+. The van der Waals surface area contributed by atoms with Crippen molar-refractivity contribution in [1.82, 2.24) is 0 Å². The smallest absolute Gasteiger partial charge is 0.200 e. The number of halogens is 1. The zero-order valence-corrected chi connectivity index (χ0v) is 9.34. The van der Waals surface area contributed by atoms with E-state index in [1.54, 1.807) is 24.3 Å². The van der Waals surface area contributed by atoms with E-state index in [1.165, 1.54) is 24.3 Å². The molecule has 0 saturated heterocycles. The van der Waals surface area contributed by atoms with Crippen molar-refractivity contribution in [3.05, 3.63) is 53.3 Å². The first-order valence-corrected chi connectivity index (χ1v) is 5.25. The third-order valence-electron chi connectivity index (χ3n) is 2.43. The van der Waals surface area contributed by atoms with E-state index >= 15 is 0 Å². The molecule has 0 radical (unpaired) electrons. The number of phenolic OH excluding ortho intramolecular Hbond substituents is 3. The summed E-state index contributed by atoms with van der Waals surface area (Å²) < 4.78 is 12.7. The Morgan fingerprint density at radius 1 is 0.778 bits per heavy atom. The molecule has 0 atom stereocenters. The summed E-state index contributed by atoms with van der Waals surface area (Å²) in [4.78, 5) is 0. The highest BCUT2D eigenvalue weighted by molar-refractivity contribution is 5.72. The molecule has 18 heavy (non-hydrogen) atoms. The SMILES string of the molecule is Oc1cc(/C=C/c2ccc(F)cc2)cc(O)c1O. The average molecular weight is 246 g/mol. The van der Waals surface area contributed by atoms with Crippen molar-refractivity contribution in [3.8, 4) is 17.2 Å². The number of aromatic hydroxyl groups is 3. The Morgan fingerprint density at radius 2 is 1.28 bits per heavy atom. The summed E-state index contributed by atoms with van der Waals surface area (Å²) in [6.45, 7) is 0. The minimum atomic E-state index is -0.547. The van der Waals surface area contributed by atoms with Crippen molar-refractivity contribution in [2.75, 3.05) is 0 Å². The summed E-state index contributed by atoms with van der Waals surface area (Å²) in [5.41, 5.74) is 1.30. The van der Waals surface area contributed by atoms with Crippen LogP contribution >= 0.6 is 0 Å². The van der Waals surface area contributed by atoms with Gasteiger partial charge in [-0.3, -0.25) is 0 Å². The fraction of sp³-hybridized carbons (Fsp3) is 0. The molecular weight excluding hydrogens is 235 g/mol. The van der Waals surface area contributed by atoms with Gasteiger partial charge in [0.25, 0.3) is 0 Å². The van der Waals surface area contributed by atoms with E-state index in [0.29, 0.717) is 5.56 Å². The van der Waals surface area contributed by atoms with Crippen LogP contribution in [-0.4, -0.2) is 15.3 Å². The van der Waals surface area contributed by atoms with Crippen molar-refractivity contribution >= 4 is 12.2 Å². The second kappa shape index (κ2) is 4.79. The van der Waals surface area contributed by atoms with E-state index in [-0.39, 0.29) is 5.82 Å². The van der Waals surface area contributed by atoms with Gasteiger partial charge in [0.1, 0.15) is 5.82 Å². The summed E-state index contributed by atoms with van der Waals surface area (Å²) in [6.07, 6.45) is 3.33. The third-order valence-corrected chi connectivity index (χ3v) is 2.43. The molecule has 3 N–H and O–H groups in total. The highest BCUT2D eigenvalue weighted by atomic mass is 19.1. The van der Waals surface area contributed by atoms with Gasteiger partial charge in [-0.15, -0.1) is 0 Å². The zero-order valence-electron chi connectivity index (χ0n) is 9.34. The van der Waals surface area contributed by atoms with Crippen LogP contribution in [0.15, 0.2) is 36.4 Å². The topological polar surface area (TPSA) is 60.7 Å². The Labute approximate surface area is 103 Å². The van der Waals surface area contributed by atoms with Crippen molar-refractivity contribution < 1.29 is 19.7 Å². The van der Waals surface area contributed by atoms with Crippen LogP contribution in [0.4, 0.5) is 4.39 Å². The van der Waals surface area contributed by atoms with Crippen LogP contribution in [0.1, 0.15) is 11.1 Å². The van der Waals surface area contributed by atoms with Gasteiger partial charge < -0.3 is 15.3 Å². The number of hydrogen-bond donors (Lipinski definition) is 3. The molecule has 3 nitrogen and oxygen atoms in total. The summed E-state index contributed by atoms with van der Waals surface area (Å²) in [5, 5.41) is 27.8. The average Bonchev–Trinajstić information content (AvgIpc) is 2.35. The number of hydrogen-bond acceptors (Lipinski definition) is 3. The van der Waals surface area contributed by atoms with Crippen LogP contribution in [0.2, 0.25) is 0 Å². The highest BCUT2D eigenvalue weighted by Gasteiger charge is 2.06. The number of phenols is 3. The third kappa shape index (κ3) is 2.60. The predicted octanol–water partition coefficient (Wildman–Crippen LogP) is 3.11. The van der Waals surface area contributed by atoms with E-state index in [2.05, 4.69) is 0 Å². The van der Waals surface area contributed by atoms with Gasteiger partial charge >= 0.3 is 0 Å². The molecule has 4 heteroatoms. The molecule has 0 heterocycles. The fourth-order valence-electron chi connectivity index (χ4n) is 1.49. The molecule has 0 amide bonds. The van der Waals surface area contributed by atoms with E-state index < -0.39 is 17.2 Å². The van der Waals surface area contributed by atoms with Gasteiger partial charge in [-0.05, 0) is 35.4 Å². The highest BCUT2D eigenvalue weighted by Crippen LogP contribution is 2.35. The van der Waals surface area contributed by atoms with Gasteiger partial charge in [0.05, 0.1) is 0 Å². The van der Waals surface area contributed by atoms with Crippen LogP contribution < -0.4 is 0 Å². The van der Waals surface area contributed by atoms with Crippen LogP contribution in [0.25, 0.3) is 12.2 Å². The van der Waals surface area contributed by atoms with Crippen LogP contribution in [0, 0.1) is 5.82 Å². The molecule has 92 valence electrons. The Bertz CT molecular complexity index is 565. The molecule has 0 aliphatic carbocycles. The lowest BCUT2D eigenvalue weighted by molar-refractivity contribution is 0.368. The first-order valence-electron chi connectivity index (χ1n) is 5.25.